The van der Waals surface area contributed by atoms with Crippen LogP contribution in [0.1, 0.15) is 28.1 Å². The third kappa shape index (κ3) is 3.33. The minimum absolute atomic E-state index is 0.0898. The van der Waals surface area contributed by atoms with E-state index in [0.29, 0.717) is 17.2 Å². The Kier molecular flexibility index (Phi) is 4.78. The molecule has 0 bridgehead atoms. The lowest BCUT2D eigenvalue weighted by atomic mass is 9.92. The monoisotopic (exact) mass is 315 g/mol. The highest BCUT2D eigenvalue weighted by Crippen LogP contribution is 2.26. The van der Waals surface area contributed by atoms with E-state index in [0.717, 1.165) is 32.4 Å². The molecule has 0 aliphatic carbocycles. The molecule has 116 valence electrons. The van der Waals surface area contributed by atoms with E-state index in [-0.39, 0.29) is 5.91 Å². The molecule has 3 rings (SSSR count). The average Bonchev–Trinajstić information content (AvgIpc) is 3.08. The summed E-state index contributed by atoms with van der Waals surface area (Å²) in [6, 6.07) is 11.8. The van der Waals surface area contributed by atoms with E-state index in [1.165, 1.54) is 4.88 Å². The van der Waals surface area contributed by atoms with Gasteiger partial charge in [-0.2, -0.15) is 0 Å². The zero-order valence-electron chi connectivity index (χ0n) is 12.8. The first kappa shape index (κ1) is 15.1. The van der Waals surface area contributed by atoms with Gasteiger partial charge in [-0.05, 0) is 48.8 Å². The van der Waals surface area contributed by atoms with Crippen LogP contribution in [0.25, 0.3) is 0 Å². The Hall–Kier alpha value is -1.81. The van der Waals surface area contributed by atoms with Crippen LogP contribution in [0.5, 0.6) is 5.75 Å². The van der Waals surface area contributed by atoms with Crippen LogP contribution in [-0.4, -0.2) is 31.0 Å². The number of hydrogen-bond acceptors (Lipinski definition) is 3. The summed E-state index contributed by atoms with van der Waals surface area (Å²) in [5, 5.41) is 2.13. The number of piperidine rings is 1. The Labute approximate surface area is 135 Å². The fraction of sp³-hybridized carbons (Fsp3) is 0.389. The molecule has 0 radical (unpaired) electrons. The van der Waals surface area contributed by atoms with Crippen molar-refractivity contribution in [1.29, 1.82) is 0 Å². The smallest absolute Gasteiger partial charge is 0.257 e. The molecule has 1 amide bonds. The standard InChI is InChI=1S/C18H21NO2S/c1-21-17-7-3-2-6-16(17)18(20)19-10-8-14(9-11-19)13-15-5-4-12-22-15/h2-7,12,14H,8-11,13H2,1H3. The van der Waals surface area contributed by atoms with E-state index in [1.807, 2.05) is 40.5 Å². The number of thiophene rings is 1. The number of likely N-dealkylation sites (tertiary alicyclic amines) is 1. The maximum absolute atomic E-state index is 12.7. The third-order valence-electron chi connectivity index (χ3n) is 4.31. The highest BCUT2D eigenvalue weighted by atomic mass is 32.1. The van der Waals surface area contributed by atoms with Crippen LogP contribution in [0.2, 0.25) is 0 Å². The predicted molar refractivity (Wildman–Crippen MR) is 89.6 cm³/mol. The molecule has 1 fully saturated rings. The van der Waals surface area contributed by atoms with Crippen molar-refractivity contribution >= 4 is 17.2 Å². The second-order valence-corrected chi connectivity index (χ2v) is 6.75. The molecular formula is C18H21NO2S. The number of methoxy groups -OCH3 is 1. The number of amides is 1. The minimum atomic E-state index is 0.0898. The quantitative estimate of drug-likeness (QED) is 0.857. The van der Waals surface area contributed by atoms with Crippen LogP contribution in [0.15, 0.2) is 41.8 Å². The largest absolute Gasteiger partial charge is 0.496 e. The third-order valence-corrected chi connectivity index (χ3v) is 5.21. The minimum Gasteiger partial charge on any atom is -0.496 e. The molecule has 0 saturated carbocycles. The molecule has 1 aliphatic heterocycles. The van der Waals surface area contributed by atoms with E-state index in [2.05, 4.69) is 17.5 Å². The van der Waals surface area contributed by atoms with Crippen LogP contribution in [0.3, 0.4) is 0 Å². The summed E-state index contributed by atoms with van der Waals surface area (Å²) in [5.74, 6) is 1.45. The summed E-state index contributed by atoms with van der Waals surface area (Å²) in [4.78, 5) is 16.1. The van der Waals surface area contributed by atoms with Gasteiger partial charge >= 0.3 is 0 Å². The zero-order chi connectivity index (χ0) is 15.4. The summed E-state index contributed by atoms with van der Waals surface area (Å²) < 4.78 is 5.30. The summed E-state index contributed by atoms with van der Waals surface area (Å²) in [6.45, 7) is 1.68. The molecule has 2 aromatic rings. The first-order chi connectivity index (χ1) is 10.8. The van der Waals surface area contributed by atoms with Crippen LogP contribution in [0.4, 0.5) is 0 Å². The van der Waals surface area contributed by atoms with Gasteiger partial charge in [0, 0.05) is 18.0 Å². The van der Waals surface area contributed by atoms with Gasteiger partial charge in [0.05, 0.1) is 12.7 Å². The summed E-state index contributed by atoms with van der Waals surface area (Å²) in [7, 11) is 1.61. The number of rotatable bonds is 4. The Bertz CT molecular complexity index is 616. The van der Waals surface area contributed by atoms with Crippen molar-refractivity contribution in [3.05, 3.63) is 52.2 Å². The molecular weight excluding hydrogens is 294 g/mol. The number of hydrogen-bond donors (Lipinski definition) is 0. The van der Waals surface area contributed by atoms with Gasteiger partial charge in [0.25, 0.3) is 5.91 Å². The number of carbonyl (C=O) groups excluding carboxylic acids is 1. The highest BCUT2D eigenvalue weighted by molar-refractivity contribution is 7.09. The van der Waals surface area contributed by atoms with E-state index >= 15 is 0 Å². The molecule has 1 aromatic carbocycles. The normalized spacial score (nSPS) is 15.8. The summed E-state index contributed by atoms with van der Waals surface area (Å²) in [5.41, 5.74) is 0.668. The average molecular weight is 315 g/mol. The molecule has 2 heterocycles. The van der Waals surface area contributed by atoms with Gasteiger partial charge in [-0.15, -0.1) is 11.3 Å². The van der Waals surface area contributed by atoms with Crippen molar-refractivity contribution in [2.75, 3.05) is 20.2 Å². The van der Waals surface area contributed by atoms with E-state index in [9.17, 15) is 4.79 Å². The van der Waals surface area contributed by atoms with E-state index in [4.69, 9.17) is 4.74 Å². The maximum atomic E-state index is 12.7. The zero-order valence-corrected chi connectivity index (χ0v) is 13.6. The number of para-hydroxylation sites is 1. The van der Waals surface area contributed by atoms with E-state index < -0.39 is 0 Å². The molecule has 0 N–H and O–H groups in total. The Morgan fingerprint density at radius 2 is 2.00 bits per heavy atom. The van der Waals surface area contributed by atoms with Gasteiger partial charge < -0.3 is 9.64 Å². The van der Waals surface area contributed by atoms with Crippen molar-refractivity contribution in [1.82, 2.24) is 4.90 Å². The molecule has 3 nitrogen and oxygen atoms in total. The van der Waals surface area contributed by atoms with Gasteiger partial charge in [-0.1, -0.05) is 18.2 Å². The molecule has 1 saturated heterocycles. The second kappa shape index (κ2) is 6.97. The fourth-order valence-electron chi connectivity index (χ4n) is 3.05. The van der Waals surface area contributed by atoms with Crippen LogP contribution < -0.4 is 4.74 Å². The number of benzene rings is 1. The number of nitrogens with zero attached hydrogens (tertiary/aromatic N) is 1. The number of ether oxygens (including phenoxy) is 1. The number of carbonyl (C=O) groups is 1. The van der Waals surface area contributed by atoms with Crippen molar-refractivity contribution in [2.45, 2.75) is 19.3 Å². The first-order valence-corrected chi connectivity index (χ1v) is 8.60. The van der Waals surface area contributed by atoms with Crippen LogP contribution in [-0.2, 0) is 6.42 Å². The summed E-state index contributed by atoms with van der Waals surface area (Å²) in [6.07, 6.45) is 3.31. The lowest BCUT2D eigenvalue weighted by Gasteiger charge is -2.32. The Morgan fingerprint density at radius 1 is 1.23 bits per heavy atom. The van der Waals surface area contributed by atoms with Crippen molar-refractivity contribution in [3.63, 3.8) is 0 Å². The van der Waals surface area contributed by atoms with Crippen LogP contribution >= 0.6 is 11.3 Å². The lowest BCUT2D eigenvalue weighted by molar-refractivity contribution is 0.0687. The highest BCUT2D eigenvalue weighted by Gasteiger charge is 2.25. The van der Waals surface area contributed by atoms with Crippen molar-refractivity contribution in [3.8, 4) is 5.75 Å². The SMILES string of the molecule is COc1ccccc1C(=O)N1CCC(Cc2cccs2)CC1. The van der Waals surface area contributed by atoms with E-state index in [1.54, 1.807) is 7.11 Å². The Balaban J connectivity index is 1.60. The molecule has 1 aliphatic rings. The molecule has 1 aromatic heterocycles. The lowest BCUT2D eigenvalue weighted by Crippen LogP contribution is -2.39. The Morgan fingerprint density at radius 3 is 2.68 bits per heavy atom. The topological polar surface area (TPSA) is 29.5 Å². The first-order valence-electron chi connectivity index (χ1n) is 7.72. The molecule has 22 heavy (non-hydrogen) atoms. The molecule has 4 heteroatoms. The predicted octanol–water partition coefficient (Wildman–Crippen LogP) is 3.85. The van der Waals surface area contributed by atoms with Gasteiger partial charge in [-0.25, -0.2) is 0 Å². The van der Waals surface area contributed by atoms with Crippen LogP contribution in [0, 0.1) is 5.92 Å². The summed E-state index contributed by atoms with van der Waals surface area (Å²) >= 11 is 1.83. The molecule has 0 atom stereocenters. The fourth-order valence-corrected chi connectivity index (χ4v) is 3.87. The van der Waals surface area contributed by atoms with Gasteiger partial charge in [0.15, 0.2) is 0 Å². The molecule has 0 unspecified atom stereocenters. The van der Waals surface area contributed by atoms with Crippen molar-refractivity contribution < 1.29 is 9.53 Å². The molecule has 0 spiro atoms. The maximum Gasteiger partial charge on any atom is 0.257 e. The van der Waals surface area contributed by atoms with Gasteiger partial charge in [-0.3, -0.25) is 4.79 Å². The van der Waals surface area contributed by atoms with Crippen molar-refractivity contribution in [2.24, 2.45) is 5.92 Å². The second-order valence-electron chi connectivity index (χ2n) is 5.72. The van der Waals surface area contributed by atoms with Gasteiger partial charge in [0.1, 0.15) is 5.75 Å². The van der Waals surface area contributed by atoms with Gasteiger partial charge in [0.2, 0.25) is 0 Å².